The Hall–Kier alpha value is -5.25. The Balaban J connectivity index is 1.31. The lowest BCUT2D eigenvalue weighted by molar-refractivity contribution is -0.119. The summed E-state index contributed by atoms with van der Waals surface area (Å²) in [7, 11) is 1.56. The average Bonchev–Trinajstić information content (AvgIpc) is 3.62. The number of ether oxygens (including phenoxy) is 1. The number of hydrogen-bond acceptors (Lipinski definition) is 7. The number of amides is 2. The van der Waals surface area contributed by atoms with Gasteiger partial charge in [0.2, 0.25) is 11.8 Å². The van der Waals surface area contributed by atoms with Crippen LogP contribution in [-0.4, -0.2) is 61.5 Å². The van der Waals surface area contributed by atoms with Crippen molar-refractivity contribution in [1.82, 2.24) is 30.2 Å². The highest BCUT2D eigenvalue weighted by atomic mass is 16.5. The molecule has 0 radical (unpaired) electrons. The van der Waals surface area contributed by atoms with Crippen molar-refractivity contribution >= 4 is 22.8 Å². The summed E-state index contributed by atoms with van der Waals surface area (Å²) in [5.74, 6) is 0.819. The number of carbonyl (C=O) groups excluding carboxylic acids is 2. The van der Waals surface area contributed by atoms with Crippen molar-refractivity contribution < 1.29 is 19.4 Å². The number of benzene rings is 2. The topological polar surface area (TPSA) is 133 Å². The highest BCUT2D eigenvalue weighted by Crippen LogP contribution is 2.35. The van der Waals surface area contributed by atoms with Crippen LogP contribution in [0.1, 0.15) is 28.9 Å². The van der Waals surface area contributed by atoms with E-state index in [2.05, 4.69) is 20.3 Å². The van der Waals surface area contributed by atoms with Crippen LogP contribution in [0.4, 0.5) is 0 Å². The number of nitrogens with one attached hydrogen (secondary N) is 2. The number of phenols is 1. The molecule has 2 aromatic carbocycles. The quantitative estimate of drug-likeness (QED) is 0.263. The molecule has 0 bridgehead atoms. The van der Waals surface area contributed by atoms with Crippen LogP contribution in [-0.2, 0) is 11.3 Å². The number of carbonyl (C=O) groups is 2. The Morgan fingerprint density at radius 3 is 2.71 bits per heavy atom. The lowest BCUT2D eigenvalue weighted by Gasteiger charge is -2.25. The number of aromatic nitrogens is 4. The molecule has 10 nitrogen and oxygen atoms in total. The SMILES string of the molecule is COc1ncccc1-c1ccc(O)c(-c2nc3cc(C(=O)N(Cc4ccccn4)C[C@@H]4CCC(=O)N4)ccc3[nH]2)c1. The number of imidazole rings is 1. The zero-order valence-electron chi connectivity index (χ0n) is 22.4. The third-order valence-corrected chi connectivity index (χ3v) is 7.15. The van der Waals surface area contributed by atoms with E-state index in [-0.39, 0.29) is 23.6 Å². The van der Waals surface area contributed by atoms with Crippen molar-refractivity contribution in [2.45, 2.75) is 25.4 Å². The molecule has 1 aliphatic rings. The van der Waals surface area contributed by atoms with Crippen molar-refractivity contribution in [3.63, 3.8) is 0 Å². The van der Waals surface area contributed by atoms with Gasteiger partial charge in [-0.05, 0) is 66.6 Å². The maximum atomic E-state index is 13.7. The van der Waals surface area contributed by atoms with Crippen LogP contribution in [0.25, 0.3) is 33.5 Å². The molecule has 1 fully saturated rings. The standard InChI is InChI=1S/C31H28N6O4/c1-41-30-23(6-4-14-33-30)19-8-11-27(38)24(15-19)29-35-25-10-7-20(16-26(25)36-29)31(40)37(17-21-5-2-3-13-32-21)18-22-9-12-28(39)34-22/h2-8,10-11,13-16,22,38H,9,12,17-18H2,1H3,(H,34,39)(H,35,36)/t22-/m0/s1. The normalized spacial score (nSPS) is 14.7. The van der Waals surface area contributed by atoms with E-state index in [1.807, 2.05) is 36.4 Å². The number of H-pyrrole nitrogens is 1. The second-order valence-corrected chi connectivity index (χ2v) is 9.92. The summed E-state index contributed by atoms with van der Waals surface area (Å²) in [6.07, 6.45) is 4.49. The van der Waals surface area contributed by atoms with Crippen LogP contribution in [0.5, 0.6) is 11.6 Å². The maximum Gasteiger partial charge on any atom is 0.254 e. The summed E-state index contributed by atoms with van der Waals surface area (Å²) in [5.41, 5.74) is 4.63. The molecular weight excluding hydrogens is 520 g/mol. The van der Waals surface area contributed by atoms with E-state index in [1.54, 1.807) is 54.7 Å². The fourth-order valence-electron chi connectivity index (χ4n) is 5.10. The Labute approximate surface area is 236 Å². The molecule has 1 atom stereocenters. The molecule has 6 rings (SSSR count). The maximum absolute atomic E-state index is 13.7. The van der Waals surface area contributed by atoms with Gasteiger partial charge in [-0.2, -0.15) is 0 Å². The first-order valence-electron chi connectivity index (χ1n) is 13.3. The third kappa shape index (κ3) is 5.44. The van der Waals surface area contributed by atoms with Gasteiger partial charge in [0.1, 0.15) is 11.6 Å². The van der Waals surface area contributed by atoms with E-state index in [0.717, 1.165) is 22.3 Å². The van der Waals surface area contributed by atoms with Crippen LogP contribution >= 0.6 is 0 Å². The van der Waals surface area contributed by atoms with Crippen LogP contribution in [0.2, 0.25) is 0 Å². The summed E-state index contributed by atoms with van der Waals surface area (Å²) in [6.45, 7) is 0.692. The van der Waals surface area contributed by atoms with Gasteiger partial charge in [-0.1, -0.05) is 12.1 Å². The fraction of sp³-hybridized carbons (Fsp3) is 0.194. The monoisotopic (exact) mass is 548 g/mol. The third-order valence-electron chi connectivity index (χ3n) is 7.15. The lowest BCUT2D eigenvalue weighted by atomic mass is 10.0. The molecule has 4 heterocycles. The summed E-state index contributed by atoms with van der Waals surface area (Å²) >= 11 is 0. The number of hydrogen-bond donors (Lipinski definition) is 3. The van der Waals surface area contributed by atoms with Gasteiger partial charge < -0.3 is 25.0 Å². The van der Waals surface area contributed by atoms with Gasteiger partial charge in [-0.25, -0.2) is 9.97 Å². The van der Waals surface area contributed by atoms with Crippen molar-refractivity contribution in [3.05, 3.63) is 90.4 Å². The molecule has 2 amide bonds. The molecule has 5 aromatic rings. The summed E-state index contributed by atoms with van der Waals surface area (Å²) in [5, 5.41) is 13.6. The minimum absolute atomic E-state index is 0.000000101. The van der Waals surface area contributed by atoms with Gasteiger partial charge in [0.05, 0.1) is 35.9 Å². The zero-order valence-corrected chi connectivity index (χ0v) is 22.4. The molecule has 3 N–H and O–H groups in total. The second-order valence-electron chi connectivity index (χ2n) is 9.92. The van der Waals surface area contributed by atoms with Gasteiger partial charge in [0.25, 0.3) is 5.91 Å². The summed E-state index contributed by atoms with van der Waals surface area (Å²) in [6, 6.07) is 19.7. The summed E-state index contributed by atoms with van der Waals surface area (Å²) in [4.78, 5) is 43.9. The minimum atomic E-state index is -0.184. The number of aromatic hydroxyl groups is 1. The van der Waals surface area contributed by atoms with E-state index in [0.29, 0.717) is 54.3 Å². The largest absolute Gasteiger partial charge is 0.507 e. The first kappa shape index (κ1) is 26.0. The predicted octanol–water partition coefficient (Wildman–Crippen LogP) is 4.32. The number of pyridine rings is 2. The first-order chi connectivity index (χ1) is 20.0. The van der Waals surface area contributed by atoms with Crippen molar-refractivity contribution in [1.29, 1.82) is 0 Å². The lowest BCUT2D eigenvalue weighted by Crippen LogP contribution is -2.41. The van der Waals surface area contributed by atoms with Gasteiger partial charge >= 0.3 is 0 Å². The van der Waals surface area contributed by atoms with E-state index >= 15 is 0 Å². The van der Waals surface area contributed by atoms with Crippen LogP contribution in [0.3, 0.4) is 0 Å². The molecule has 41 heavy (non-hydrogen) atoms. The van der Waals surface area contributed by atoms with Gasteiger partial charge in [-0.15, -0.1) is 0 Å². The van der Waals surface area contributed by atoms with Crippen LogP contribution in [0.15, 0.2) is 79.1 Å². The van der Waals surface area contributed by atoms with Crippen LogP contribution < -0.4 is 10.1 Å². The number of phenolic OH excluding ortho intramolecular Hbond substituents is 1. The number of aromatic amines is 1. The van der Waals surface area contributed by atoms with Gasteiger partial charge in [0.15, 0.2) is 0 Å². The number of nitrogens with zero attached hydrogens (tertiary/aromatic N) is 4. The van der Waals surface area contributed by atoms with Gasteiger partial charge in [0, 0.05) is 42.5 Å². The molecule has 3 aromatic heterocycles. The van der Waals surface area contributed by atoms with E-state index < -0.39 is 0 Å². The van der Waals surface area contributed by atoms with E-state index in [4.69, 9.17) is 9.72 Å². The Morgan fingerprint density at radius 1 is 1.05 bits per heavy atom. The molecule has 0 spiro atoms. The number of rotatable bonds is 8. The molecule has 206 valence electrons. The second kappa shape index (κ2) is 11.1. The molecular formula is C31H28N6O4. The van der Waals surface area contributed by atoms with Crippen molar-refractivity contribution in [3.8, 4) is 34.1 Å². The first-order valence-corrected chi connectivity index (χ1v) is 13.3. The molecule has 0 aliphatic carbocycles. The minimum Gasteiger partial charge on any atom is -0.507 e. The summed E-state index contributed by atoms with van der Waals surface area (Å²) < 4.78 is 5.41. The number of fused-ring (bicyclic) bond motifs is 1. The highest BCUT2D eigenvalue weighted by molar-refractivity contribution is 5.98. The van der Waals surface area contributed by atoms with E-state index in [1.165, 1.54) is 0 Å². The molecule has 1 aliphatic heterocycles. The average molecular weight is 549 g/mol. The van der Waals surface area contributed by atoms with Crippen molar-refractivity contribution in [2.75, 3.05) is 13.7 Å². The van der Waals surface area contributed by atoms with E-state index in [9.17, 15) is 14.7 Å². The number of methoxy groups -OCH3 is 1. The Kier molecular flexibility index (Phi) is 7.03. The highest BCUT2D eigenvalue weighted by Gasteiger charge is 2.27. The molecule has 0 saturated carbocycles. The van der Waals surface area contributed by atoms with Gasteiger partial charge in [-0.3, -0.25) is 14.6 Å². The van der Waals surface area contributed by atoms with Crippen LogP contribution in [0, 0.1) is 0 Å². The molecule has 10 heteroatoms. The predicted molar refractivity (Wildman–Crippen MR) is 153 cm³/mol. The fourth-order valence-corrected chi connectivity index (χ4v) is 5.10. The molecule has 0 unspecified atom stereocenters. The Morgan fingerprint density at radius 2 is 1.93 bits per heavy atom. The Bertz CT molecular complexity index is 1740. The smallest absolute Gasteiger partial charge is 0.254 e. The van der Waals surface area contributed by atoms with Crippen molar-refractivity contribution in [2.24, 2.45) is 0 Å². The molecule has 1 saturated heterocycles. The zero-order chi connectivity index (χ0) is 28.3.